The molecule has 2 saturated carbocycles. The molecule has 4 nitrogen and oxygen atoms in total. The predicted octanol–water partition coefficient (Wildman–Crippen LogP) is 5.53. The summed E-state index contributed by atoms with van der Waals surface area (Å²) >= 11 is 0. The van der Waals surface area contributed by atoms with E-state index in [0.29, 0.717) is 18.6 Å². The van der Waals surface area contributed by atoms with Crippen LogP contribution in [-0.2, 0) is 11.3 Å². The summed E-state index contributed by atoms with van der Waals surface area (Å²) in [6, 6.07) is 11.0. The first-order valence-electron chi connectivity index (χ1n) is 12.0. The van der Waals surface area contributed by atoms with Gasteiger partial charge in [0, 0.05) is 12.2 Å². The molecule has 5 rings (SSSR count). The van der Waals surface area contributed by atoms with Crippen molar-refractivity contribution in [3.8, 4) is 0 Å². The van der Waals surface area contributed by atoms with Crippen LogP contribution < -0.4 is 5.32 Å². The third-order valence-corrected chi connectivity index (χ3v) is 7.30. The van der Waals surface area contributed by atoms with Crippen LogP contribution in [0.4, 0.5) is 0 Å². The molecule has 1 atom stereocenters. The normalized spacial score (nSPS) is 27.5. The number of amidine groups is 1. The van der Waals surface area contributed by atoms with Crippen molar-refractivity contribution in [3.63, 3.8) is 0 Å². The Kier molecular flexibility index (Phi) is 5.94. The Morgan fingerprint density at radius 1 is 0.967 bits per heavy atom. The van der Waals surface area contributed by atoms with Crippen LogP contribution in [0, 0.1) is 5.92 Å². The summed E-state index contributed by atoms with van der Waals surface area (Å²) in [5.74, 6) is 2.54. The highest BCUT2D eigenvalue weighted by Crippen LogP contribution is 2.40. The van der Waals surface area contributed by atoms with Crippen LogP contribution >= 0.6 is 0 Å². The molecule has 4 heteroatoms. The van der Waals surface area contributed by atoms with Gasteiger partial charge in [-0.2, -0.15) is 0 Å². The van der Waals surface area contributed by atoms with Crippen molar-refractivity contribution in [1.29, 1.82) is 0 Å². The van der Waals surface area contributed by atoms with Crippen molar-refractivity contribution >= 4 is 5.84 Å². The van der Waals surface area contributed by atoms with Crippen molar-refractivity contribution in [2.75, 3.05) is 6.54 Å². The Morgan fingerprint density at radius 3 is 2.47 bits per heavy atom. The third-order valence-electron chi connectivity index (χ3n) is 7.30. The molecule has 0 bridgehead atoms. The molecule has 0 spiro atoms. The molecule has 1 unspecified atom stereocenters. The fraction of sp³-hybridized carbons (Fsp3) is 0.577. The standard InChI is InChI=1S/C26H35N3O/c1-4-11-21(12-5-1)19-30-24-17-10-18-29-20-26(28-25(24)29,22-13-6-2-7-14-22)27-23-15-8-3-9-16-23/h1,4-5,10-12,17-18,22-23,27H,2-3,6-9,13-16,19-20H2. The van der Waals surface area contributed by atoms with Gasteiger partial charge in [-0.15, -0.1) is 0 Å². The van der Waals surface area contributed by atoms with E-state index in [2.05, 4.69) is 52.8 Å². The fourth-order valence-electron chi connectivity index (χ4n) is 5.70. The van der Waals surface area contributed by atoms with E-state index in [4.69, 9.17) is 9.73 Å². The maximum atomic E-state index is 6.26. The summed E-state index contributed by atoms with van der Waals surface area (Å²) in [5.41, 5.74) is 1.03. The molecule has 2 aliphatic carbocycles. The van der Waals surface area contributed by atoms with E-state index >= 15 is 0 Å². The number of nitrogens with one attached hydrogen (secondary N) is 1. The largest absolute Gasteiger partial charge is 0.485 e. The average Bonchev–Trinajstić information content (AvgIpc) is 3.19. The van der Waals surface area contributed by atoms with Gasteiger partial charge in [0.25, 0.3) is 0 Å². The number of nitrogens with zero attached hydrogens (tertiary/aromatic N) is 2. The number of benzene rings is 1. The molecule has 0 saturated heterocycles. The van der Waals surface area contributed by atoms with E-state index in [1.165, 1.54) is 69.8 Å². The monoisotopic (exact) mass is 405 g/mol. The second-order valence-electron chi connectivity index (χ2n) is 9.45. The zero-order valence-corrected chi connectivity index (χ0v) is 18.1. The van der Waals surface area contributed by atoms with Gasteiger partial charge in [-0.25, -0.2) is 4.99 Å². The molecule has 4 aliphatic rings. The van der Waals surface area contributed by atoms with E-state index in [1.807, 2.05) is 6.07 Å². The van der Waals surface area contributed by atoms with Crippen molar-refractivity contribution in [2.45, 2.75) is 82.5 Å². The van der Waals surface area contributed by atoms with Gasteiger partial charge in [0.15, 0.2) is 11.6 Å². The highest BCUT2D eigenvalue weighted by Gasteiger charge is 2.47. The molecule has 0 amide bonds. The molecule has 2 fully saturated rings. The number of fused-ring (bicyclic) bond motifs is 1. The second kappa shape index (κ2) is 8.97. The predicted molar refractivity (Wildman–Crippen MR) is 122 cm³/mol. The lowest BCUT2D eigenvalue weighted by Crippen LogP contribution is -2.57. The fourth-order valence-corrected chi connectivity index (χ4v) is 5.70. The molecule has 1 N–H and O–H groups in total. The van der Waals surface area contributed by atoms with Crippen LogP contribution in [0.15, 0.2) is 59.4 Å². The minimum atomic E-state index is -0.165. The molecular formula is C26H35N3O. The minimum Gasteiger partial charge on any atom is -0.485 e. The van der Waals surface area contributed by atoms with Crippen LogP contribution in [0.1, 0.15) is 69.8 Å². The van der Waals surface area contributed by atoms with Crippen molar-refractivity contribution in [3.05, 3.63) is 60.0 Å². The Labute approximate surface area is 181 Å². The topological polar surface area (TPSA) is 36.9 Å². The summed E-state index contributed by atoms with van der Waals surface area (Å²) in [6.45, 7) is 1.52. The van der Waals surface area contributed by atoms with E-state index in [0.717, 1.165) is 18.1 Å². The zero-order valence-electron chi connectivity index (χ0n) is 18.1. The summed E-state index contributed by atoms with van der Waals surface area (Å²) < 4.78 is 6.26. The molecule has 1 aromatic rings. The number of hydrogen-bond acceptors (Lipinski definition) is 4. The molecule has 160 valence electrons. The van der Waals surface area contributed by atoms with Gasteiger partial charge in [0.1, 0.15) is 12.3 Å². The van der Waals surface area contributed by atoms with Gasteiger partial charge in [-0.05, 0) is 49.3 Å². The van der Waals surface area contributed by atoms with Gasteiger partial charge in [-0.3, -0.25) is 5.32 Å². The first-order valence-corrected chi connectivity index (χ1v) is 12.0. The summed E-state index contributed by atoms with van der Waals surface area (Å²) in [7, 11) is 0. The lowest BCUT2D eigenvalue weighted by molar-refractivity contribution is 0.136. The van der Waals surface area contributed by atoms with Crippen molar-refractivity contribution < 1.29 is 4.74 Å². The quantitative estimate of drug-likeness (QED) is 0.676. The van der Waals surface area contributed by atoms with Crippen molar-refractivity contribution in [2.24, 2.45) is 10.9 Å². The van der Waals surface area contributed by atoms with Crippen LogP contribution in [0.2, 0.25) is 0 Å². The lowest BCUT2D eigenvalue weighted by Gasteiger charge is -2.41. The highest BCUT2D eigenvalue weighted by atomic mass is 16.5. The molecule has 2 heterocycles. The van der Waals surface area contributed by atoms with Crippen LogP contribution in [-0.4, -0.2) is 29.0 Å². The average molecular weight is 406 g/mol. The maximum Gasteiger partial charge on any atom is 0.172 e. The Morgan fingerprint density at radius 2 is 1.70 bits per heavy atom. The van der Waals surface area contributed by atoms with Gasteiger partial charge in [0.05, 0.1) is 6.54 Å². The Bertz CT molecular complexity index is 803. The van der Waals surface area contributed by atoms with E-state index < -0.39 is 0 Å². The van der Waals surface area contributed by atoms with Crippen LogP contribution in [0.25, 0.3) is 0 Å². The number of ether oxygens (including phenoxy) is 1. The summed E-state index contributed by atoms with van der Waals surface area (Å²) in [5, 5.41) is 4.11. The molecule has 0 radical (unpaired) electrons. The number of rotatable bonds is 6. The van der Waals surface area contributed by atoms with E-state index in [-0.39, 0.29) is 5.66 Å². The zero-order chi connectivity index (χ0) is 20.2. The highest BCUT2D eigenvalue weighted by molar-refractivity contribution is 6.00. The van der Waals surface area contributed by atoms with Crippen LogP contribution in [0.5, 0.6) is 0 Å². The van der Waals surface area contributed by atoms with E-state index in [9.17, 15) is 0 Å². The van der Waals surface area contributed by atoms with Gasteiger partial charge in [-0.1, -0.05) is 68.9 Å². The summed E-state index contributed by atoms with van der Waals surface area (Å²) in [4.78, 5) is 7.76. The van der Waals surface area contributed by atoms with Gasteiger partial charge in [0.2, 0.25) is 0 Å². The van der Waals surface area contributed by atoms with Gasteiger partial charge >= 0.3 is 0 Å². The van der Waals surface area contributed by atoms with E-state index in [1.54, 1.807) is 0 Å². The maximum absolute atomic E-state index is 6.26. The van der Waals surface area contributed by atoms with Crippen molar-refractivity contribution in [1.82, 2.24) is 10.2 Å². The number of allylic oxidation sites excluding steroid dienone is 2. The molecule has 30 heavy (non-hydrogen) atoms. The third kappa shape index (κ3) is 4.20. The van der Waals surface area contributed by atoms with Gasteiger partial charge < -0.3 is 9.64 Å². The smallest absolute Gasteiger partial charge is 0.172 e. The Hall–Kier alpha value is -2.07. The Balaban J connectivity index is 1.38. The molecular weight excluding hydrogens is 370 g/mol. The minimum absolute atomic E-state index is 0.165. The molecule has 2 aliphatic heterocycles. The molecule has 0 aromatic heterocycles. The number of aliphatic imine (C=N–C) groups is 1. The lowest BCUT2D eigenvalue weighted by atomic mass is 9.79. The number of hydrogen-bond donors (Lipinski definition) is 1. The SMILES string of the molecule is C1=CN2CC(NC3CCCCC3)(C3CCCCC3)N=C2C(OCc2ccccc2)=C1. The first-order chi connectivity index (χ1) is 14.8. The van der Waals surface area contributed by atoms with Crippen LogP contribution in [0.3, 0.4) is 0 Å². The summed E-state index contributed by atoms with van der Waals surface area (Å²) in [6.07, 6.45) is 19.7. The molecule has 1 aromatic carbocycles. The first kappa shape index (κ1) is 19.9. The second-order valence-corrected chi connectivity index (χ2v) is 9.45.